The number of rotatable bonds is 4. The molecule has 0 spiro atoms. The van der Waals surface area contributed by atoms with E-state index in [4.69, 9.17) is 0 Å². The summed E-state index contributed by atoms with van der Waals surface area (Å²) in [5.74, 6) is 0.543. The summed E-state index contributed by atoms with van der Waals surface area (Å²) in [6.45, 7) is 1.45. The number of carbonyl (C=O) groups is 1. The normalized spacial score (nSPS) is 21.7. The smallest absolute Gasteiger partial charge is 0.290 e. The van der Waals surface area contributed by atoms with Crippen LogP contribution in [0.4, 0.5) is 5.82 Å². The first-order valence-corrected chi connectivity index (χ1v) is 8.48. The minimum absolute atomic E-state index is 0.0850. The molecule has 0 bridgehead atoms. The zero-order valence-corrected chi connectivity index (χ0v) is 13.4. The van der Waals surface area contributed by atoms with Crippen LogP contribution in [0.25, 0.3) is 0 Å². The molecule has 2 N–H and O–H groups in total. The van der Waals surface area contributed by atoms with E-state index in [1.807, 2.05) is 4.90 Å². The molecule has 0 aromatic carbocycles. The van der Waals surface area contributed by atoms with Gasteiger partial charge in [0.1, 0.15) is 0 Å². The first kappa shape index (κ1) is 15.8. The number of nitrogens with zero attached hydrogens (tertiary/aromatic N) is 2. The molecular formula is C17H24N4O2. The highest BCUT2D eigenvalue weighted by molar-refractivity contribution is 5.79. The van der Waals surface area contributed by atoms with Gasteiger partial charge in [0.15, 0.2) is 5.82 Å². The van der Waals surface area contributed by atoms with Gasteiger partial charge in [-0.25, -0.2) is 4.98 Å². The van der Waals surface area contributed by atoms with Crippen molar-refractivity contribution in [2.75, 3.05) is 18.0 Å². The molecule has 0 radical (unpaired) electrons. The third kappa shape index (κ3) is 4.21. The van der Waals surface area contributed by atoms with Gasteiger partial charge in [0, 0.05) is 37.9 Å². The summed E-state index contributed by atoms with van der Waals surface area (Å²) >= 11 is 0. The second kappa shape index (κ2) is 7.44. The minimum Gasteiger partial charge on any atom is -0.351 e. The highest BCUT2D eigenvalue weighted by atomic mass is 16.1. The third-order valence-electron chi connectivity index (χ3n) is 4.55. The molecule has 124 valence electrons. The first-order valence-electron chi connectivity index (χ1n) is 8.48. The van der Waals surface area contributed by atoms with Crippen LogP contribution in [0.2, 0.25) is 0 Å². The van der Waals surface area contributed by atoms with Crippen LogP contribution < -0.4 is 15.8 Å². The Morgan fingerprint density at radius 1 is 1.39 bits per heavy atom. The molecule has 1 unspecified atom stereocenters. The summed E-state index contributed by atoms with van der Waals surface area (Å²) in [4.78, 5) is 32.9. The van der Waals surface area contributed by atoms with Crippen molar-refractivity contribution in [3.63, 3.8) is 0 Å². The van der Waals surface area contributed by atoms with Crippen molar-refractivity contribution in [2.24, 2.45) is 0 Å². The summed E-state index contributed by atoms with van der Waals surface area (Å²) in [5.41, 5.74) is 1.09. The van der Waals surface area contributed by atoms with Gasteiger partial charge in [0.25, 0.3) is 5.56 Å². The molecular weight excluding hydrogens is 292 g/mol. The van der Waals surface area contributed by atoms with Gasteiger partial charge in [-0.2, -0.15) is 0 Å². The Bertz CT molecular complexity index is 637. The maximum absolute atomic E-state index is 12.2. The molecule has 2 aliphatic rings. The first-order chi connectivity index (χ1) is 11.2. The summed E-state index contributed by atoms with van der Waals surface area (Å²) in [6, 6.07) is 0.0850. The molecule has 1 aliphatic heterocycles. The average molecular weight is 316 g/mol. The number of aromatic nitrogens is 2. The van der Waals surface area contributed by atoms with Crippen molar-refractivity contribution in [1.82, 2.24) is 15.3 Å². The van der Waals surface area contributed by atoms with E-state index in [2.05, 4.69) is 21.4 Å². The van der Waals surface area contributed by atoms with E-state index in [1.165, 1.54) is 24.6 Å². The van der Waals surface area contributed by atoms with E-state index in [-0.39, 0.29) is 17.5 Å². The van der Waals surface area contributed by atoms with Gasteiger partial charge < -0.3 is 15.2 Å². The third-order valence-corrected chi connectivity index (χ3v) is 4.55. The van der Waals surface area contributed by atoms with E-state index < -0.39 is 0 Å². The van der Waals surface area contributed by atoms with Crippen molar-refractivity contribution < 1.29 is 4.79 Å². The van der Waals surface area contributed by atoms with Gasteiger partial charge in [0.2, 0.25) is 5.91 Å². The van der Waals surface area contributed by atoms with Crippen LogP contribution >= 0.6 is 0 Å². The van der Waals surface area contributed by atoms with Crippen LogP contribution in [-0.4, -0.2) is 35.0 Å². The van der Waals surface area contributed by atoms with Gasteiger partial charge in [-0.3, -0.25) is 9.59 Å². The SMILES string of the molecule is O=C(CC1=CCCCC1)NC1CCCN(c2ncc[nH]c2=O)C1. The Hall–Kier alpha value is -2.11. The summed E-state index contributed by atoms with van der Waals surface area (Å²) in [6.07, 6.45) is 12.3. The van der Waals surface area contributed by atoms with Gasteiger partial charge in [-0.05, 0) is 38.5 Å². The molecule has 0 saturated carbocycles. The van der Waals surface area contributed by atoms with Crippen LogP contribution in [0.3, 0.4) is 0 Å². The fourth-order valence-electron chi connectivity index (χ4n) is 3.41. The lowest BCUT2D eigenvalue weighted by Gasteiger charge is -2.33. The molecule has 1 aromatic rings. The maximum Gasteiger partial charge on any atom is 0.290 e. The van der Waals surface area contributed by atoms with E-state index >= 15 is 0 Å². The fourth-order valence-corrected chi connectivity index (χ4v) is 3.41. The number of aromatic amines is 1. The standard InChI is InChI=1S/C17H24N4O2/c22-15(11-13-5-2-1-3-6-13)20-14-7-4-10-21(12-14)16-17(23)19-9-8-18-16/h5,8-9,14H,1-4,6-7,10-12H2,(H,19,23)(H,20,22). The molecule has 1 amide bonds. The van der Waals surface area contributed by atoms with Crippen LogP contribution in [0.15, 0.2) is 28.8 Å². The fraction of sp³-hybridized carbons (Fsp3) is 0.588. The number of carbonyl (C=O) groups excluding carboxylic acids is 1. The van der Waals surface area contributed by atoms with Gasteiger partial charge in [0.05, 0.1) is 0 Å². The quantitative estimate of drug-likeness (QED) is 0.830. The van der Waals surface area contributed by atoms with E-state index in [0.717, 1.165) is 32.2 Å². The monoisotopic (exact) mass is 316 g/mol. The zero-order valence-electron chi connectivity index (χ0n) is 13.4. The van der Waals surface area contributed by atoms with E-state index in [0.29, 0.717) is 18.8 Å². The molecule has 1 atom stereocenters. The molecule has 3 rings (SSSR count). The van der Waals surface area contributed by atoms with Gasteiger partial charge >= 0.3 is 0 Å². The zero-order chi connectivity index (χ0) is 16.1. The lowest BCUT2D eigenvalue weighted by atomic mass is 9.96. The van der Waals surface area contributed by atoms with Crippen molar-refractivity contribution >= 4 is 11.7 Å². The second-order valence-corrected chi connectivity index (χ2v) is 6.38. The number of piperidine rings is 1. The minimum atomic E-state index is -0.174. The Morgan fingerprint density at radius 2 is 2.30 bits per heavy atom. The van der Waals surface area contributed by atoms with Crippen LogP contribution in [0, 0.1) is 0 Å². The maximum atomic E-state index is 12.2. The molecule has 1 aromatic heterocycles. The van der Waals surface area contributed by atoms with Crippen molar-refractivity contribution in [2.45, 2.75) is 51.0 Å². The molecule has 1 saturated heterocycles. The summed E-state index contributed by atoms with van der Waals surface area (Å²) < 4.78 is 0. The molecule has 1 fully saturated rings. The van der Waals surface area contributed by atoms with Crippen LogP contribution in [-0.2, 0) is 4.79 Å². The highest BCUT2D eigenvalue weighted by Crippen LogP contribution is 2.20. The Labute approximate surface area is 136 Å². The predicted octanol–water partition coefficient (Wildman–Crippen LogP) is 1.75. The number of nitrogens with one attached hydrogen (secondary N) is 2. The van der Waals surface area contributed by atoms with Crippen molar-refractivity contribution in [3.05, 3.63) is 34.4 Å². The Kier molecular flexibility index (Phi) is 5.10. The number of amides is 1. The predicted molar refractivity (Wildman–Crippen MR) is 89.4 cm³/mol. The number of hydrogen-bond acceptors (Lipinski definition) is 4. The van der Waals surface area contributed by atoms with E-state index in [1.54, 1.807) is 6.20 Å². The van der Waals surface area contributed by atoms with Crippen molar-refractivity contribution in [1.29, 1.82) is 0 Å². The number of allylic oxidation sites excluding steroid dienone is 1. The highest BCUT2D eigenvalue weighted by Gasteiger charge is 2.24. The van der Waals surface area contributed by atoms with Crippen LogP contribution in [0.5, 0.6) is 0 Å². The average Bonchev–Trinajstić information content (AvgIpc) is 2.56. The summed E-state index contributed by atoms with van der Waals surface area (Å²) in [7, 11) is 0. The lowest BCUT2D eigenvalue weighted by molar-refractivity contribution is -0.121. The topological polar surface area (TPSA) is 78.1 Å². The second-order valence-electron chi connectivity index (χ2n) is 6.38. The number of hydrogen-bond donors (Lipinski definition) is 2. The van der Waals surface area contributed by atoms with Gasteiger partial charge in [-0.15, -0.1) is 0 Å². The van der Waals surface area contributed by atoms with E-state index in [9.17, 15) is 9.59 Å². The Balaban J connectivity index is 1.56. The number of anilines is 1. The largest absolute Gasteiger partial charge is 0.351 e. The van der Waals surface area contributed by atoms with Crippen LogP contribution in [0.1, 0.15) is 44.9 Å². The molecule has 1 aliphatic carbocycles. The Morgan fingerprint density at radius 3 is 3.09 bits per heavy atom. The molecule has 23 heavy (non-hydrogen) atoms. The molecule has 6 heteroatoms. The molecule has 6 nitrogen and oxygen atoms in total. The van der Waals surface area contributed by atoms with Crippen molar-refractivity contribution in [3.8, 4) is 0 Å². The van der Waals surface area contributed by atoms with Gasteiger partial charge in [-0.1, -0.05) is 11.6 Å². The lowest BCUT2D eigenvalue weighted by Crippen LogP contribution is -2.49. The number of H-pyrrole nitrogens is 1. The summed E-state index contributed by atoms with van der Waals surface area (Å²) in [5, 5.41) is 3.12. The molecule has 2 heterocycles.